The number of carboxylic acid groups (broad SMARTS) is 1. The molecule has 112 valence electrons. The van der Waals surface area contributed by atoms with Crippen LogP contribution in [0, 0.1) is 0 Å². The first-order valence-electron chi connectivity index (χ1n) is 7.41. The number of rotatable bonds is 5. The van der Waals surface area contributed by atoms with Crippen molar-refractivity contribution < 1.29 is 19.4 Å². The second-order valence-corrected chi connectivity index (χ2v) is 5.63. The molecule has 0 bridgehead atoms. The zero-order valence-corrected chi connectivity index (χ0v) is 11.8. The van der Waals surface area contributed by atoms with E-state index in [-0.39, 0.29) is 24.3 Å². The van der Waals surface area contributed by atoms with Crippen LogP contribution in [0.2, 0.25) is 0 Å². The number of carbonyl (C=O) groups excluding carboxylic acids is 1. The van der Waals surface area contributed by atoms with Crippen LogP contribution in [0.25, 0.3) is 0 Å². The lowest BCUT2D eigenvalue weighted by molar-refractivity contribution is -0.139. The lowest BCUT2D eigenvalue weighted by atomic mass is 9.91. The Morgan fingerprint density at radius 2 is 2.00 bits per heavy atom. The van der Waals surface area contributed by atoms with Crippen LogP contribution in [0.15, 0.2) is 24.3 Å². The number of nitrogens with zero attached hydrogens (tertiary/aromatic N) is 1. The average Bonchev–Trinajstić information content (AvgIpc) is 3.31. The van der Waals surface area contributed by atoms with Crippen LogP contribution in [0.4, 0.5) is 0 Å². The summed E-state index contributed by atoms with van der Waals surface area (Å²) in [4.78, 5) is 25.4. The molecule has 0 radical (unpaired) electrons. The van der Waals surface area contributed by atoms with Crippen LogP contribution in [-0.2, 0) is 9.59 Å². The molecule has 1 aliphatic carbocycles. The number of hydrogen-bond acceptors (Lipinski definition) is 3. The molecular formula is C16H19NO4. The van der Waals surface area contributed by atoms with Crippen molar-refractivity contribution in [2.45, 2.75) is 37.6 Å². The van der Waals surface area contributed by atoms with E-state index in [4.69, 9.17) is 9.84 Å². The third-order valence-corrected chi connectivity index (χ3v) is 4.09. The number of amides is 1. The van der Waals surface area contributed by atoms with Gasteiger partial charge in [-0.05, 0) is 25.3 Å². The van der Waals surface area contributed by atoms with Crippen LogP contribution in [0.3, 0.4) is 0 Å². The monoisotopic (exact) mass is 289 g/mol. The Morgan fingerprint density at radius 3 is 2.71 bits per heavy atom. The summed E-state index contributed by atoms with van der Waals surface area (Å²) in [5.74, 6) is -0.240. The van der Waals surface area contributed by atoms with Crippen molar-refractivity contribution in [3.05, 3.63) is 29.8 Å². The SMILES string of the molecule is O=C(O)CCN(C(=O)C1CCOc2ccccc21)C1CC1. The molecule has 21 heavy (non-hydrogen) atoms. The van der Waals surface area contributed by atoms with Gasteiger partial charge in [0.15, 0.2) is 0 Å². The van der Waals surface area contributed by atoms with E-state index in [2.05, 4.69) is 0 Å². The van der Waals surface area contributed by atoms with E-state index >= 15 is 0 Å². The van der Waals surface area contributed by atoms with E-state index in [9.17, 15) is 9.59 Å². The van der Waals surface area contributed by atoms with Crippen molar-refractivity contribution in [3.63, 3.8) is 0 Å². The van der Waals surface area contributed by atoms with Gasteiger partial charge in [-0.15, -0.1) is 0 Å². The quantitative estimate of drug-likeness (QED) is 0.900. The first kappa shape index (κ1) is 13.9. The molecule has 1 heterocycles. The number of fused-ring (bicyclic) bond motifs is 1. The third-order valence-electron chi connectivity index (χ3n) is 4.09. The van der Waals surface area contributed by atoms with E-state index in [1.165, 1.54) is 0 Å². The van der Waals surface area contributed by atoms with Gasteiger partial charge in [0, 0.05) is 18.2 Å². The highest BCUT2D eigenvalue weighted by Crippen LogP contribution is 2.37. The van der Waals surface area contributed by atoms with Crippen molar-refractivity contribution in [1.82, 2.24) is 4.90 Å². The van der Waals surface area contributed by atoms with E-state index in [1.807, 2.05) is 24.3 Å². The first-order valence-corrected chi connectivity index (χ1v) is 7.41. The molecule has 2 aliphatic rings. The second-order valence-electron chi connectivity index (χ2n) is 5.63. The van der Waals surface area contributed by atoms with Gasteiger partial charge in [0.1, 0.15) is 5.75 Å². The molecule has 1 fully saturated rings. The van der Waals surface area contributed by atoms with Crippen LogP contribution >= 0.6 is 0 Å². The van der Waals surface area contributed by atoms with Gasteiger partial charge >= 0.3 is 5.97 Å². The van der Waals surface area contributed by atoms with E-state index in [1.54, 1.807) is 4.90 Å². The van der Waals surface area contributed by atoms with Gasteiger partial charge in [0.25, 0.3) is 0 Å². The van der Waals surface area contributed by atoms with Crippen molar-refractivity contribution in [2.75, 3.05) is 13.2 Å². The Morgan fingerprint density at radius 1 is 1.24 bits per heavy atom. The molecule has 0 spiro atoms. The van der Waals surface area contributed by atoms with E-state index in [0.29, 0.717) is 19.6 Å². The van der Waals surface area contributed by atoms with Crippen molar-refractivity contribution >= 4 is 11.9 Å². The van der Waals surface area contributed by atoms with Crippen molar-refractivity contribution in [1.29, 1.82) is 0 Å². The lowest BCUT2D eigenvalue weighted by Gasteiger charge is -2.30. The highest BCUT2D eigenvalue weighted by Gasteiger charge is 2.38. The summed E-state index contributed by atoms with van der Waals surface area (Å²) < 4.78 is 5.59. The zero-order valence-electron chi connectivity index (χ0n) is 11.8. The summed E-state index contributed by atoms with van der Waals surface area (Å²) in [5, 5.41) is 8.86. The maximum atomic E-state index is 12.8. The third kappa shape index (κ3) is 3.01. The highest BCUT2D eigenvalue weighted by molar-refractivity contribution is 5.85. The number of carboxylic acids is 1. The number of para-hydroxylation sites is 1. The molecule has 1 aromatic rings. The molecular weight excluding hydrogens is 270 g/mol. The number of benzene rings is 1. The summed E-state index contributed by atoms with van der Waals surface area (Å²) in [7, 11) is 0. The van der Waals surface area contributed by atoms with Gasteiger partial charge in [0.2, 0.25) is 5.91 Å². The standard InChI is InChI=1S/C16H19NO4/c18-15(19)7-9-17(11-5-6-11)16(20)13-8-10-21-14-4-2-1-3-12(13)14/h1-4,11,13H,5-10H2,(H,18,19). The fraction of sp³-hybridized carbons (Fsp3) is 0.500. The smallest absolute Gasteiger partial charge is 0.305 e. The predicted molar refractivity (Wildman–Crippen MR) is 76.3 cm³/mol. The minimum absolute atomic E-state index is 0.00705. The Hall–Kier alpha value is -2.04. The topological polar surface area (TPSA) is 66.8 Å². The van der Waals surface area contributed by atoms with Crippen molar-refractivity contribution in [3.8, 4) is 5.75 Å². The maximum absolute atomic E-state index is 12.8. The minimum Gasteiger partial charge on any atom is -0.493 e. The van der Waals surface area contributed by atoms with Crippen LogP contribution in [0.5, 0.6) is 5.75 Å². The van der Waals surface area contributed by atoms with Gasteiger partial charge in [-0.2, -0.15) is 0 Å². The minimum atomic E-state index is -0.860. The van der Waals surface area contributed by atoms with Crippen LogP contribution in [-0.4, -0.2) is 41.1 Å². The molecule has 1 amide bonds. The average molecular weight is 289 g/mol. The molecule has 1 aliphatic heterocycles. The Bertz CT molecular complexity index is 553. The molecule has 0 saturated heterocycles. The molecule has 5 heteroatoms. The molecule has 1 unspecified atom stereocenters. The predicted octanol–water partition coefficient (Wildman–Crippen LogP) is 2.02. The molecule has 5 nitrogen and oxygen atoms in total. The van der Waals surface area contributed by atoms with Gasteiger partial charge < -0.3 is 14.7 Å². The van der Waals surface area contributed by atoms with Gasteiger partial charge in [-0.1, -0.05) is 18.2 Å². The molecule has 0 aromatic heterocycles. The molecule has 1 atom stereocenters. The number of hydrogen-bond donors (Lipinski definition) is 1. The van der Waals surface area contributed by atoms with E-state index < -0.39 is 5.97 Å². The van der Waals surface area contributed by atoms with Gasteiger partial charge in [-0.3, -0.25) is 9.59 Å². The largest absolute Gasteiger partial charge is 0.493 e. The summed E-state index contributed by atoms with van der Waals surface area (Å²) in [6.45, 7) is 0.837. The summed E-state index contributed by atoms with van der Waals surface area (Å²) in [6.07, 6.45) is 2.63. The summed E-state index contributed by atoms with van der Waals surface area (Å²) >= 11 is 0. The lowest BCUT2D eigenvalue weighted by Crippen LogP contribution is -2.39. The van der Waals surface area contributed by atoms with Crippen LogP contribution < -0.4 is 4.74 Å². The molecule has 1 saturated carbocycles. The fourth-order valence-corrected chi connectivity index (χ4v) is 2.87. The molecule has 3 rings (SSSR count). The second kappa shape index (κ2) is 5.76. The zero-order chi connectivity index (χ0) is 14.8. The van der Waals surface area contributed by atoms with Gasteiger partial charge in [-0.25, -0.2) is 0 Å². The van der Waals surface area contributed by atoms with E-state index in [0.717, 1.165) is 24.2 Å². The number of carbonyl (C=O) groups is 2. The Kier molecular flexibility index (Phi) is 3.82. The maximum Gasteiger partial charge on any atom is 0.305 e. The summed E-state index contributed by atoms with van der Waals surface area (Å²) in [5.41, 5.74) is 0.926. The highest BCUT2D eigenvalue weighted by atomic mass is 16.5. The molecule has 1 N–H and O–H groups in total. The Balaban J connectivity index is 1.78. The number of ether oxygens (including phenoxy) is 1. The Labute approximate surface area is 123 Å². The summed E-state index contributed by atoms with van der Waals surface area (Å²) in [6, 6.07) is 7.85. The fourth-order valence-electron chi connectivity index (χ4n) is 2.87. The normalized spacial score (nSPS) is 20.3. The van der Waals surface area contributed by atoms with Crippen LogP contribution in [0.1, 0.15) is 37.2 Å². The van der Waals surface area contributed by atoms with Gasteiger partial charge in [0.05, 0.1) is 18.9 Å². The first-order chi connectivity index (χ1) is 10.2. The number of aliphatic carboxylic acids is 1. The van der Waals surface area contributed by atoms with Crippen molar-refractivity contribution in [2.24, 2.45) is 0 Å². The molecule has 1 aromatic carbocycles.